The van der Waals surface area contributed by atoms with Crippen molar-refractivity contribution in [2.75, 3.05) is 0 Å². The summed E-state index contributed by atoms with van der Waals surface area (Å²) in [4.78, 5) is 0. The van der Waals surface area contributed by atoms with Crippen LogP contribution in [0.3, 0.4) is 0 Å². The summed E-state index contributed by atoms with van der Waals surface area (Å²) in [5.74, 6) is 1.04. The van der Waals surface area contributed by atoms with Gasteiger partial charge < -0.3 is 5.11 Å². The predicted molar refractivity (Wildman–Crippen MR) is 72.0 cm³/mol. The van der Waals surface area contributed by atoms with E-state index in [0.717, 1.165) is 19.3 Å². The summed E-state index contributed by atoms with van der Waals surface area (Å²) in [7, 11) is 0. The lowest BCUT2D eigenvalue weighted by Gasteiger charge is -2.42. The van der Waals surface area contributed by atoms with Crippen molar-refractivity contribution in [3.05, 3.63) is 35.4 Å². The number of rotatable bonds is 2. The van der Waals surface area contributed by atoms with E-state index in [1.807, 2.05) is 0 Å². The third-order valence-corrected chi connectivity index (χ3v) is 4.73. The zero-order chi connectivity index (χ0) is 12.5. The van der Waals surface area contributed by atoms with Crippen LogP contribution in [-0.2, 0) is 6.42 Å². The number of hydrogen-bond donors (Lipinski definition) is 1. The molecule has 0 amide bonds. The molecule has 1 nitrogen and oxygen atoms in total. The van der Waals surface area contributed by atoms with Crippen LogP contribution < -0.4 is 0 Å². The smallest absolute Gasteiger partial charge is 0.0715 e. The number of aryl methyl sites for hydroxylation is 1. The van der Waals surface area contributed by atoms with Crippen molar-refractivity contribution in [3.63, 3.8) is 0 Å². The molecule has 1 aliphatic carbocycles. The van der Waals surface area contributed by atoms with Crippen molar-refractivity contribution in [2.24, 2.45) is 11.8 Å². The van der Waals surface area contributed by atoms with E-state index in [-0.39, 0.29) is 0 Å². The van der Waals surface area contributed by atoms with Gasteiger partial charge in [-0.05, 0) is 36.3 Å². The van der Waals surface area contributed by atoms with Gasteiger partial charge in [-0.25, -0.2) is 0 Å². The minimum absolute atomic E-state index is 0.399. The Kier molecular flexibility index (Phi) is 3.58. The molecule has 0 bridgehead atoms. The first-order chi connectivity index (χ1) is 8.03. The fourth-order valence-electron chi connectivity index (χ4n) is 3.13. The summed E-state index contributed by atoms with van der Waals surface area (Å²) >= 11 is 0. The van der Waals surface area contributed by atoms with Gasteiger partial charge in [-0.3, -0.25) is 0 Å². The zero-order valence-electron chi connectivity index (χ0n) is 11.2. The fourth-order valence-corrected chi connectivity index (χ4v) is 3.13. The highest BCUT2D eigenvalue weighted by atomic mass is 16.3. The van der Waals surface area contributed by atoms with E-state index in [4.69, 9.17) is 0 Å². The molecule has 1 aliphatic rings. The maximum atomic E-state index is 10.9. The second kappa shape index (κ2) is 4.81. The summed E-state index contributed by atoms with van der Waals surface area (Å²) in [6, 6.07) is 8.42. The molecule has 1 saturated carbocycles. The maximum Gasteiger partial charge on any atom is 0.0715 e. The quantitative estimate of drug-likeness (QED) is 0.824. The Morgan fingerprint density at radius 1 is 1.29 bits per heavy atom. The summed E-state index contributed by atoms with van der Waals surface area (Å²) in [5.41, 5.74) is 2.10. The molecular formula is C16H24O. The van der Waals surface area contributed by atoms with Crippen molar-refractivity contribution >= 4 is 0 Å². The van der Waals surface area contributed by atoms with E-state index < -0.39 is 5.60 Å². The molecule has 17 heavy (non-hydrogen) atoms. The van der Waals surface area contributed by atoms with E-state index in [0.29, 0.717) is 11.8 Å². The predicted octanol–water partition coefficient (Wildman–Crippen LogP) is 3.72. The van der Waals surface area contributed by atoms with Crippen LogP contribution >= 0.6 is 0 Å². The first kappa shape index (κ1) is 12.6. The molecule has 3 atom stereocenters. The van der Waals surface area contributed by atoms with Gasteiger partial charge in [0, 0.05) is 6.42 Å². The first-order valence-electron chi connectivity index (χ1n) is 6.80. The van der Waals surface area contributed by atoms with Gasteiger partial charge in [-0.1, -0.05) is 51.0 Å². The lowest BCUT2D eigenvalue weighted by Crippen LogP contribution is -2.44. The number of aliphatic hydroxyl groups is 1. The molecule has 0 saturated heterocycles. The van der Waals surface area contributed by atoms with Gasteiger partial charge in [0.2, 0.25) is 0 Å². The molecule has 1 heteroatoms. The minimum Gasteiger partial charge on any atom is -0.389 e. The Balaban J connectivity index is 2.19. The Morgan fingerprint density at radius 3 is 2.71 bits per heavy atom. The van der Waals surface area contributed by atoms with E-state index in [9.17, 15) is 5.11 Å². The van der Waals surface area contributed by atoms with E-state index in [1.54, 1.807) is 0 Å². The molecule has 1 aromatic rings. The fraction of sp³-hybridized carbons (Fsp3) is 0.625. The molecule has 0 aliphatic heterocycles. The molecule has 3 unspecified atom stereocenters. The largest absolute Gasteiger partial charge is 0.389 e. The Morgan fingerprint density at radius 2 is 2.00 bits per heavy atom. The molecule has 1 aromatic carbocycles. The van der Waals surface area contributed by atoms with Crippen molar-refractivity contribution in [2.45, 2.75) is 52.1 Å². The molecule has 1 fully saturated rings. The highest BCUT2D eigenvalue weighted by Crippen LogP contribution is 2.39. The van der Waals surface area contributed by atoms with Crippen molar-refractivity contribution in [1.29, 1.82) is 0 Å². The van der Waals surface area contributed by atoms with E-state index in [1.165, 1.54) is 17.5 Å². The minimum atomic E-state index is -0.496. The van der Waals surface area contributed by atoms with Gasteiger partial charge in [0.15, 0.2) is 0 Å². The average Bonchev–Trinajstić information content (AvgIpc) is 2.29. The summed E-state index contributed by atoms with van der Waals surface area (Å²) in [5, 5.41) is 10.9. The third kappa shape index (κ3) is 2.55. The number of hydrogen-bond acceptors (Lipinski definition) is 1. The highest BCUT2D eigenvalue weighted by molar-refractivity contribution is 5.27. The summed E-state index contributed by atoms with van der Waals surface area (Å²) in [6.07, 6.45) is 4.18. The van der Waals surface area contributed by atoms with Crippen molar-refractivity contribution < 1.29 is 5.11 Å². The Hall–Kier alpha value is -0.820. The summed E-state index contributed by atoms with van der Waals surface area (Å²) in [6.45, 7) is 6.62. The van der Waals surface area contributed by atoms with Gasteiger partial charge in [0.1, 0.15) is 0 Å². The van der Waals surface area contributed by atoms with Crippen LogP contribution in [0.2, 0.25) is 0 Å². The molecule has 0 heterocycles. The van der Waals surface area contributed by atoms with Crippen LogP contribution in [0.5, 0.6) is 0 Å². The summed E-state index contributed by atoms with van der Waals surface area (Å²) < 4.78 is 0. The second-order valence-electron chi connectivity index (χ2n) is 5.87. The van der Waals surface area contributed by atoms with E-state index >= 15 is 0 Å². The third-order valence-electron chi connectivity index (χ3n) is 4.73. The molecular weight excluding hydrogens is 208 g/mol. The maximum absolute atomic E-state index is 10.9. The van der Waals surface area contributed by atoms with Crippen molar-refractivity contribution in [1.82, 2.24) is 0 Å². The lowest BCUT2D eigenvalue weighted by atomic mass is 9.68. The normalized spacial score (nSPS) is 33.6. The van der Waals surface area contributed by atoms with Crippen LogP contribution in [0.1, 0.15) is 44.2 Å². The lowest BCUT2D eigenvalue weighted by molar-refractivity contribution is -0.0621. The topological polar surface area (TPSA) is 20.2 Å². The van der Waals surface area contributed by atoms with Crippen LogP contribution in [0, 0.1) is 18.8 Å². The van der Waals surface area contributed by atoms with Crippen LogP contribution in [-0.4, -0.2) is 10.7 Å². The van der Waals surface area contributed by atoms with Gasteiger partial charge >= 0.3 is 0 Å². The van der Waals surface area contributed by atoms with Crippen LogP contribution in [0.25, 0.3) is 0 Å². The van der Waals surface area contributed by atoms with Crippen LogP contribution in [0.4, 0.5) is 0 Å². The van der Waals surface area contributed by atoms with Crippen LogP contribution in [0.15, 0.2) is 24.3 Å². The van der Waals surface area contributed by atoms with E-state index in [2.05, 4.69) is 45.0 Å². The average molecular weight is 232 g/mol. The van der Waals surface area contributed by atoms with Gasteiger partial charge in [-0.15, -0.1) is 0 Å². The Labute approximate surface area is 105 Å². The second-order valence-corrected chi connectivity index (χ2v) is 5.87. The molecule has 0 spiro atoms. The van der Waals surface area contributed by atoms with Gasteiger partial charge in [0.05, 0.1) is 5.60 Å². The molecule has 2 rings (SSSR count). The zero-order valence-corrected chi connectivity index (χ0v) is 11.2. The molecule has 0 radical (unpaired) electrons. The number of benzene rings is 1. The van der Waals surface area contributed by atoms with Gasteiger partial charge in [-0.2, -0.15) is 0 Å². The molecule has 1 N–H and O–H groups in total. The SMILES string of the molecule is Cc1ccccc1CC1(O)CCCC(C)C1C. The molecule has 0 aromatic heterocycles. The Bertz CT molecular complexity index is 385. The standard InChI is InChI=1S/C16H24O/c1-12-8-6-10-16(17,14(12)3)11-15-9-5-4-7-13(15)2/h4-5,7,9,12,14,17H,6,8,10-11H2,1-3H3. The van der Waals surface area contributed by atoms with Gasteiger partial charge in [0.25, 0.3) is 0 Å². The first-order valence-corrected chi connectivity index (χ1v) is 6.80. The highest BCUT2D eigenvalue weighted by Gasteiger charge is 2.39. The monoisotopic (exact) mass is 232 g/mol. The van der Waals surface area contributed by atoms with Crippen molar-refractivity contribution in [3.8, 4) is 0 Å². The molecule has 94 valence electrons.